The van der Waals surface area contributed by atoms with Crippen molar-refractivity contribution in [2.75, 3.05) is 33.9 Å². The predicted octanol–water partition coefficient (Wildman–Crippen LogP) is 2.57. The molecule has 20 heavy (non-hydrogen) atoms. The van der Waals surface area contributed by atoms with Gasteiger partial charge in [0.05, 0.1) is 13.2 Å². The van der Waals surface area contributed by atoms with E-state index >= 15 is 0 Å². The van der Waals surface area contributed by atoms with Gasteiger partial charge in [-0.3, -0.25) is 4.90 Å². The third-order valence-corrected chi connectivity index (χ3v) is 4.56. The van der Waals surface area contributed by atoms with E-state index in [1.54, 1.807) is 7.11 Å². The first-order valence-corrected chi connectivity index (χ1v) is 7.80. The molecule has 5 heteroatoms. The smallest absolute Gasteiger partial charge is 0.119 e. The molecule has 1 saturated heterocycles. The van der Waals surface area contributed by atoms with Crippen molar-refractivity contribution in [3.8, 4) is 5.75 Å². The summed E-state index contributed by atoms with van der Waals surface area (Å²) in [6.45, 7) is 2.36. The molecule has 1 aliphatic heterocycles. The van der Waals surface area contributed by atoms with E-state index in [9.17, 15) is 0 Å². The fourth-order valence-electron chi connectivity index (χ4n) is 2.69. The second kappa shape index (κ2) is 7.41. The van der Waals surface area contributed by atoms with E-state index in [4.69, 9.17) is 15.2 Å². The second-order valence-corrected chi connectivity index (χ2v) is 6.07. The van der Waals surface area contributed by atoms with Crippen LogP contribution < -0.4 is 10.5 Å². The molecule has 0 amide bonds. The van der Waals surface area contributed by atoms with E-state index in [0.29, 0.717) is 12.6 Å². The Kier molecular flexibility index (Phi) is 5.84. The highest BCUT2D eigenvalue weighted by atomic mass is 79.9. The van der Waals surface area contributed by atoms with Gasteiger partial charge >= 0.3 is 0 Å². The molecular weight excluding hydrogens is 320 g/mol. The van der Waals surface area contributed by atoms with Crippen molar-refractivity contribution in [1.82, 2.24) is 4.90 Å². The van der Waals surface area contributed by atoms with Crippen LogP contribution in [0.5, 0.6) is 5.75 Å². The number of likely N-dealkylation sites (N-methyl/N-ethyl adjacent to an activating group) is 1. The number of rotatable bonds is 6. The maximum Gasteiger partial charge on any atom is 0.119 e. The van der Waals surface area contributed by atoms with E-state index < -0.39 is 0 Å². The molecule has 0 saturated carbocycles. The maximum absolute atomic E-state index is 6.00. The van der Waals surface area contributed by atoms with Crippen LogP contribution in [0.4, 0.5) is 0 Å². The van der Waals surface area contributed by atoms with Gasteiger partial charge in [0, 0.05) is 30.2 Å². The van der Waals surface area contributed by atoms with Crippen LogP contribution in [-0.2, 0) is 4.74 Å². The van der Waals surface area contributed by atoms with E-state index in [-0.39, 0.29) is 6.04 Å². The van der Waals surface area contributed by atoms with Crippen molar-refractivity contribution in [3.05, 3.63) is 28.2 Å². The molecular formula is C15H23BrN2O2. The number of benzene rings is 1. The number of nitrogens with zero attached hydrogens (tertiary/aromatic N) is 1. The predicted molar refractivity (Wildman–Crippen MR) is 84.1 cm³/mol. The fourth-order valence-corrected chi connectivity index (χ4v) is 3.20. The van der Waals surface area contributed by atoms with Gasteiger partial charge in [-0.1, -0.05) is 15.9 Å². The largest absolute Gasteiger partial charge is 0.497 e. The monoisotopic (exact) mass is 342 g/mol. The highest BCUT2D eigenvalue weighted by Gasteiger charge is 2.23. The first-order chi connectivity index (χ1) is 9.65. The number of hydrogen-bond donors (Lipinski definition) is 1. The fraction of sp³-hybridized carbons (Fsp3) is 0.600. The Morgan fingerprint density at radius 3 is 2.95 bits per heavy atom. The molecule has 4 nitrogen and oxygen atoms in total. The Morgan fingerprint density at radius 2 is 2.35 bits per heavy atom. The summed E-state index contributed by atoms with van der Waals surface area (Å²) in [5.41, 5.74) is 7.16. The zero-order valence-electron chi connectivity index (χ0n) is 12.1. The summed E-state index contributed by atoms with van der Waals surface area (Å²) < 4.78 is 12.1. The van der Waals surface area contributed by atoms with Crippen LogP contribution in [0.1, 0.15) is 24.4 Å². The third kappa shape index (κ3) is 3.73. The average Bonchev–Trinajstić information content (AvgIpc) is 2.94. The summed E-state index contributed by atoms with van der Waals surface area (Å²) in [6.07, 6.45) is 2.63. The lowest BCUT2D eigenvalue weighted by Gasteiger charge is -2.30. The van der Waals surface area contributed by atoms with Crippen molar-refractivity contribution >= 4 is 15.9 Å². The minimum Gasteiger partial charge on any atom is -0.497 e. The molecule has 112 valence electrons. The molecule has 2 N–H and O–H groups in total. The number of methoxy groups -OCH3 is 1. The standard InChI is InChI=1S/C15H23BrN2O2/c1-18(10-12-4-3-7-20-12)15(9-17)13-8-11(19-2)5-6-14(13)16/h5-6,8,12,15H,3-4,7,9-10,17H2,1-2H3. The summed E-state index contributed by atoms with van der Waals surface area (Å²) in [5.74, 6) is 0.854. The van der Waals surface area contributed by atoms with Crippen molar-refractivity contribution in [2.45, 2.75) is 25.0 Å². The van der Waals surface area contributed by atoms with Crippen LogP contribution >= 0.6 is 15.9 Å². The summed E-state index contributed by atoms with van der Waals surface area (Å²) in [6, 6.07) is 6.16. The minimum absolute atomic E-state index is 0.156. The highest BCUT2D eigenvalue weighted by molar-refractivity contribution is 9.10. The van der Waals surface area contributed by atoms with Gasteiger partial charge in [0.2, 0.25) is 0 Å². The molecule has 0 aliphatic carbocycles. The molecule has 0 bridgehead atoms. The van der Waals surface area contributed by atoms with Crippen molar-refractivity contribution in [3.63, 3.8) is 0 Å². The van der Waals surface area contributed by atoms with Gasteiger partial charge in [-0.2, -0.15) is 0 Å². The van der Waals surface area contributed by atoms with Crippen LogP contribution in [0.2, 0.25) is 0 Å². The van der Waals surface area contributed by atoms with Gasteiger partial charge in [-0.05, 0) is 43.7 Å². The lowest BCUT2D eigenvalue weighted by molar-refractivity contribution is 0.0688. The van der Waals surface area contributed by atoms with Gasteiger partial charge in [-0.15, -0.1) is 0 Å². The Morgan fingerprint density at radius 1 is 1.55 bits per heavy atom. The van der Waals surface area contributed by atoms with Gasteiger partial charge in [0.1, 0.15) is 5.75 Å². The van der Waals surface area contributed by atoms with Crippen LogP contribution in [0, 0.1) is 0 Å². The van der Waals surface area contributed by atoms with Crippen LogP contribution in [0.15, 0.2) is 22.7 Å². The van der Waals surface area contributed by atoms with Crippen molar-refractivity contribution in [1.29, 1.82) is 0 Å². The Balaban J connectivity index is 2.13. The Hall–Kier alpha value is -0.620. The highest BCUT2D eigenvalue weighted by Crippen LogP contribution is 2.30. The van der Waals surface area contributed by atoms with Crippen LogP contribution in [-0.4, -0.2) is 44.9 Å². The lowest BCUT2D eigenvalue weighted by atomic mass is 10.0. The molecule has 2 rings (SSSR count). The maximum atomic E-state index is 6.00. The number of ether oxygens (including phenoxy) is 2. The van der Waals surface area contributed by atoms with Gasteiger partial charge < -0.3 is 15.2 Å². The van der Waals surface area contributed by atoms with E-state index in [1.165, 1.54) is 0 Å². The molecule has 0 aromatic heterocycles. The Labute approximate surface area is 129 Å². The summed E-state index contributed by atoms with van der Waals surface area (Å²) >= 11 is 3.61. The summed E-state index contributed by atoms with van der Waals surface area (Å²) in [4.78, 5) is 2.27. The first kappa shape index (κ1) is 15.8. The van der Waals surface area contributed by atoms with Crippen molar-refractivity contribution < 1.29 is 9.47 Å². The zero-order valence-corrected chi connectivity index (χ0v) is 13.7. The topological polar surface area (TPSA) is 47.7 Å². The molecule has 0 radical (unpaired) electrons. The molecule has 1 aromatic rings. The molecule has 1 aromatic carbocycles. The third-order valence-electron chi connectivity index (χ3n) is 3.83. The van der Waals surface area contributed by atoms with E-state index in [1.807, 2.05) is 18.2 Å². The Bertz CT molecular complexity index is 436. The molecule has 1 aliphatic rings. The zero-order chi connectivity index (χ0) is 14.5. The number of nitrogens with two attached hydrogens (primary N) is 1. The lowest BCUT2D eigenvalue weighted by Crippen LogP contribution is -2.36. The van der Waals surface area contributed by atoms with Crippen LogP contribution in [0.3, 0.4) is 0 Å². The van der Waals surface area contributed by atoms with E-state index in [0.717, 1.165) is 41.8 Å². The molecule has 0 spiro atoms. The molecule has 1 heterocycles. The van der Waals surface area contributed by atoms with Crippen molar-refractivity contribution in [2.24, 2.45) is 5.73 Å². The molecule has 1 fully saturated rings. The van der Waals surface area contributed by atoms with Gasteiger partial charge in [0.15, 0.2) is 0 Å². The second-order valence-electron chi connectivity index (χ2n) is 5.21. The normalized spacial score (nSPS) is 20.4. The first-order valence-electron chi connectivity index (χ1n) is 7.01. The minimum atomic E-state index is 0.156. The average molecular weight is 343 g/mol. The molecule has 2 unspecified atom stereocenters. The number of hydrogen-bond acceptors (Lipinski definition) is 4. The van der Waals surface area contributed by atoms with E-state index in [2.05, 4.69) is 27.9 Å². The SMILES string of the molecule is COc1ccc(Br)c(C(CN)N(C)CC2CCCO2)c1. The summed E-state index contributed by atoms with van der Waals surface area (Å²) in [5, 5.41) is 0. The molecule has 2 atom stereocenters. The van der Waals surface area contributed by atoms with Gasteiger partial charge in [0.25, 0.3) is 0 Å². The quantitative estimate of drug-likeness (QED) is 0.863. The number of halogens is 1. The van der Waals surface area contributed by atoms with Crippen LogP contribution in [0.25, 0.3) is 0 Å². The summed E-state index contributed by atoms with van der Waals surface area (Å²) in [7, 11) is 3.78. The van der Waals surface area contributed by atoms with Gasteiger partial charge in [-0.25, -0.2) is 0 Å².